The molecule has 2 aromatic heterocycles. The molecule has 0 aliphatic carbocycles. The SMILES string of the molecule is c1ccc(-c2ccc3c(c2)c2ccccc2n3-c2ccc(-c3ccc(-c4cccc5c4sc4ccccc45)cc3)cc2)cc1. The van der Waals surface area contributed by atoms with E-state index in [2.05, 4.69) is 168 Å². The van der Waals surface area contributed by atoms with Crippen LogP contribution in [-0.4, -0.2) is 4.57 Å². The number of thiophene rings is 1. The molecule has 9 rings (SSSR count). The summed E-state index contributed by atoms with van der Waals surface area (Å²) in [5.74, 6) is 0. The Morgan fingerprint density at radius 2 is 0.955 bits per heavy atom. The summed E-state index contributed by atoms with van der Waals surface area (Å²) in [6.45, 7) is 0. The molecule has 0 aliphatic rings. The van der Waals surface area contributed by atoms with Crippen LogP contribution in [0, 0.1) is 0 Å². The topological polar surface area (TPSA) is 4.93 Å². The lowest BCUT2D eigenvalue weighted by atomic mass is 9.99. The number of para-hydroxylation sites is 1. The van der Waals surface area contributed by atoms with Crippen LogP contribution in [-0.2, 0) is 0 Å². The second kappa shape index (κ2) is 10.1. The summed E-state index contributed by atoms with van der Waals surface area (Å²) in [5, 5.41) is 5.22. The van der Waals surface area contributed by atoms with Crippen molar-refractivity contribution in [2.24, 2.45) is 0 Å². The van der Waals surface area contributed by atoms with E-state index in [1.54, 1.807) is 0 Å². The van der Waals surface area contributed by atoms with Gasteiger partial charge in [-0.3, -0.25) is 0 Å². The number of nitrogens with zero attached hydrogens (tertiary/aromatic N) is 1. The third-order valence-corrected chi connectivity index (χ3v) is 10.1. The van der Waals surface area contributed by atoms with Crippen molar-refractivity contribution in [2.45, 2.75) is 0 Å². The molecule has 0 unspecified atom stereocenters. The van der Waals surface area contributed by atoms with Gasteiger partial charge in [-0.05, 0) is 69.8 Å². The van der Waals surface area contributed by atoms with Crippen LogP contribution in [0.15, 0.2) is 164 Å². The molecule has 44 heavy (non-hydrogen) atoms. The summed E-state index contributed by atoms with van der Waals surface area (Å²) >= 11 is 1.88. The first-order valence-corrected chi connectivity index (χ1v) is 15.8. The Bertz CT molecular complexity index is 2460. The molecule has 0 saturated carbocycles. The van der Waals surface area contributed by atoms with Crippen LogP contribution in [0.3, 0.4) is 0 Å². The van der Waals surface area contributed by atoms with Crippen molar-refractivity contribution in [3.8, 4) is 39.1 Å². The van der Waals surface area contributed by atoms with E-state index in [1.807, 2.05) is 11.3 Å². The molecule has 1 nitrogen and oxygen atoms in total. The summed E-state index contributed by atoms with van der Waals surface area (Å²) in [7, 11) is 0. The fraction of sp³-hybridized carbons (Fsp3) is 0. The number of hydrogen-bond acceptors (Lipinski definition) is 1. The molecule has 0 bridgehead atoms. The fourth-order valence-electron chi connectivity index (χ4n) is 6.68. The van der Waals surface area contributed by atoms with Gasteiger partial charge in [0.25, 0.3) is 0 Å². The summed E-state index contributed by atoms with van der Waals surface area (Å²) in [5.41, 5.74) is 11.1. The third kappa shape index (κ3) is 4.00. The van der Waals surface area contributed by atoms with Gasteiger partial charge in [-0.2, -0.15) is 0 Å². The molecule has 9 aromatic rings. The number of aromatic nitrogens is 1. The van der Waals surface area contributed by atoms with Gasteiger partial charge in [0.15, 0.2) is 0 Å². The number of rotatable bonds is 4. The van der Waals surface area contributed by atoms with Gasteiger partial charge in [-0.25, -0.2) is 0 Å². The smallest absolute Gasteiger partial charge is 0.0541 e. The zero-order valence-electron chi connectivity index (χ0n) is 23.9. The molecular formula is C42H27NS. The Morgan fingerprint density at radius 3 is 1.77 bits per heavy atom. The van der Waals surface area contributed by atoms with Crippen molar-refractivity contribution in [2.75, 3.05) is 0 Å². The van der Waals surface area contributed by atoms with Gasteiger partial charge in [0.05, 0.1) is 11.0 Å². The Kier molecular flexibility index (Phi) is 5.75. The second-order valence-corrected chi connectivity index (χ2v) is 12.4. The van der Waals surface area contributed by atoms with Crippen LogP contribution in [0.25, 0.3) is 81.0 Å². The molecule has 2 heterocycles. The number of benzene rings is 7. The fourth-order valence-corrected chi connectivity index (χ4v) is 7.92. The maximum atomic E-state index is 2.39. The summed E-state index contributed by atoms with van der Waals surface area (Å²) < 4.78 is 5.08. The van der Waals surface area contributed by atoms with Crippen LogP contribution in [0.2, 0.25) is 0 Å². The minimum Gasteiger partial charge on any atom is -0.309 e. The van der Waals surface area contributed by atoms with E-state index in [9.17, 15) is 0 Å². The Morgan fingerprint density at radius 1 is 0.364 bits per heavy atom. The maximum absolute atomic E-state index is 2.39. The molecule has 206 valence electrons. The van der Waals surface area contributed by atoms with Crippen LogP contribution in [0.5, 0.6) is 0 Å². The summed E-state index contributed by atoms with van der Waals surface area (Å²) in [6.07, 6.45) is 0. The first-order valence-electron chi connectivity index (χ1n) is 15.0. The monoisotopic (exact) mass is 577 g/mol. The van der Waals surface area contributed by atoms with Crippen LogP contribution in [0.4, 0.5) is 0 Å². The molecular weight excluding hydrogens is 551 g/mol. The van der Waals surface area contributed by atoms with Crippen molar-refractivity contribution in [3.05, 3.63) is 164 Å². The highest BCUT2D eigenvalue weighted by molar-refractivity contribution is 7.26. The average Bonchev–Trinajstić information content (AvgIpc) is 3.64. The zero-order chi connectivity index (χ0) is 29.0. The number of hydrogen-bond donors (Lipinski definition) is 0. The normalized spacial score (nSPS) is 11.6. The van der Waals surface area contributed by atoms with E-state index < -0.39 is 0 Å². The van der Waals surface area contributed by atoms with Gasteiger partial charge >= 0.3 is 0 Å². The van der Waals surface area contributed by atoms with E-state index >= 15 is 0 Å². The third-order valence-electron chi connectivity index (χ3n) is 8.84. The highest BCUT2D eigenvalue weighted by atomic mass is 32.1. The lowest BCUT2D eigenvalue weighted by molar-refractivity contribution is 1.18. The van der Waals surface area contributed by atoms with E-state index in [0.717, 1.165) is 0 Å². The Hall–Kier alpha value is -5.44. The highest BCUT2D eigenvalue weighted by Crippen LogP contribution is 2.40. The first-order chi connectivity index (χ1) is 21.8. The lowest BCUT2D eigenvalue weighted by Crippen LogP contribution is -1.93. The second-order valence-electron chi connectivity index (χ2n) is 11.4. The number of fused-ring (bicyclic) bond motifs is 6. The average molecular weight is 578 g/mol. The molecule has 0 amide bonds. The van der Waals surface area contributed by atoms with Gasteiger partial charge in [0, 0.05) is 36.6 Å². The van der Waals surface area contributed by atoms with Crippen molar-refractivity contribution in [1.29, 1.82) is 0 Å². The van der Waals surface area contributed by atoms with E-state index in [1.165, 1.54) is 81.0 Å². The molecule has 2 heteroatoms. The van der Waals surface area contributed by atoms with Gasteiger partial charge < -0.3 is 4.57 Å². The van der Waals surface area contributed by atoms with Crippen LogP contribution in [0.1, 0.15) is 0 Å². The molecule has 0 N–H and O–H groups in total. The summed E-state index contributed by atoms with van der Waals surface area (Å²) in [6, 6.07) is 59.6. The van der Waals surface area contributed by atoms with Crippen molar-refractivity contribution >= 4 is 53.3 Å². The predicted molar refractivity (Wildman–Crippen MR) is 190 cm³/mol. The molecule has 0 radical (unpaired) electrons. The predicted octanol–water partition coefficient (Wildman–Crippen LogP) is 12.2. The first kappa shape index (κ1) is 25.1. The minimum atomic E-state index is 1.17. The van der Waals surface area contributed by atoms with Gasteiger partial charge in [0.2, 0.25) is 0 Å². The molecule has 0 saturated heterocycles. The quantitative estimate of drug-likeness (QED) is 0.196. The van der Waals surface area contributed by atoms with Crippen LogP contribution >= 0.6 is 11.3 Å². The van der Waals surface area contributed by atoms with E-state index in [4.69, 9.17) is 0 Å². The maximum Gasteiger partial charge on any atom is 0.0541 e. The van der Waals surface area contributed by atoms with Crippen LogP contribution < -0.4 is 0 Å². The zero-order valence-corrected chi connectivity index (χ0v) is 24.8. The molecule has 0 fully saturated rings. The molecule has 0 aliphatic heterocycles. The van der Waals surface area contributed by atoms with E-state index in [-0.39, 0.29) is 0 Å². The van der Waals surface area contributed by atoms with Gasteiger partial charge in [0.1, 0.15) is 0 Å². The van der Waals surface area contributed by atoms with E-state index in [0.29, 0.717) is 0 Å². The largest absolute Gasteiger partial charge is 0.309 e. The minimum absolute atomic E-state index is 1.17. The van der Waals surface area contributed by atoms with Crippen molar-refractivity contribution in [3.63, 3.8) is 0 Å². The Labute approximate surface area is 259 Å². The molecule has 0 atom stereocenters. The molecule has 0 spiro atoms. The highest BCUT2D eigenvalue weighted by Gasteiger charge is 2.14. The van der Waals surface area contributed by atoms with Gasteiger partial charge in [-0.15, -0.1) is 11.3 Å². The van der Waals surface area contributed by atoms with Gasteiger partial charge in [-0.1, -0.05) is 127 Å². The summed E-state index contributed by atoms with van der Waals surface area (Å²) in [4.78, 5) is 0. The Balaban J connectivity index is 1.08. The lowest BCUT2D eigenvalue weighted by Gasteiger charge is -2.10. The van der Waals surface area contributed by atoms with Crippen molar-refractivity contribution < 1.29 is 0 Å². The van der Waals surface area contributed by atoms with Crippen molar-refractivity contribution in [1.82, 2.24) is 4.57 Å². The standard InChI is InChI=1S/C42H27NS/c1-2-9-28(10-3-1)32-23-26-40-38(27-32)35-11-4-6-15-39(35)43(40)33-24-21-30(22-25-33)29-17-19-31(20-18-29)34-13-8-14-37-36-12-5-7-16-41(36)44-42(34)37/h1-27H. The molecule has 7 aromatic carbocycles.